The molecular formula is C19H30N2O8. The molecule has 2 aliphatic rings. The third kappa shape index (κ3) is 6.97. The molecular weight excluding hydrogens is 384 g/mol. The molecule has 0 aliphatic carbocycles. The smallest absolute Gasteiger partial charge is 0.308 e. The average molecular weight is 414 g/mol. The molecule has 2 amide bonds. The first-order valence-electron chi connectivity index (χ1n) is 9.98. The van der Waals surface area contributed by atoms with Gasteiger partial charge in [0, 0.05) is 25.4 Å². The fourth-order valence-corrected chi connectivity index (χ4v) is 3.01. The lowest BCUT2D eigenvalue weighted by molar-refractivity contribution is -0.155. The molecule has 10 nitrogen and oxygen atoms in total. The monoisotopic (exact) mass is 414 g/mol. The molecule has 2 N–H and O–H groups in total. The van der Waals surface area contributed by atoms with E-state index >= 15 is 0 Å². The molecule has 10 heteroatoms. The highest BCUT2D eigenvalue weighted by molar-refractivity contribution is 5.78. The fourth-order valence-electron chi connectivity index (χ4n) is 3.01. The first-order chi connectivity index (χ1) is 13.8. The SMILES string of the molecule is CCC(=O)NCCC(=O)O[C@@H]1CO[C@H]2[C@@H]1OC[C@@H]2OC(=O)CCNC(=O)C(C)C. The average Bonchev–Trinajstić information content (AvgIpc) is 3.25. The van der Waals surface area contributed by atoms with Gasteiger partial charge in [-0.2, -0.15) is 0 Å². The second-order valence-electron chi connectivity index (χ2n) is 7.30. The van der Waals surface area contributed by atoms with E-state index in [2.05, 4.69) is 10.6 Å². The third-order valence-corrected chi connectivity index (χ3v) is 4.65. The van der Waals surface area contributed by atoms with E-state index in [1.807, 2.05) is 0 Å². The van der Waals surface area contributed by atoms with Gasteiger partial charge in [-0.25, -0.2) is 0 Å². The van der Waals surface area contributed by atoms with Gasteiger partial charge in [0.1, 0.15) is 12.2 Å². The number of hydrogen-bond donors (Lipinski definition) is 2. The maximum atomic E-state index is 12.0. The van der Waals surface area contributed by atoms with Crippen molar-refractivity contribution in [1.29, 1.82) is 0 Å². The number of nitrogens with one attached hydrogen (secondary N) is 2. The molecule has 0 spiro atoms. The lowest BCUT2D eigenvalue weighted by Crippen LogP contribution is -2.37. The molecule has 2 aliphatic heterocycles. The minimum absolute atomic E-state index is 0.0498. The van der Waals surface area contributed by atoms with E-state index < -0.39 is 36.4 Å². The third-order valence-electron chi connectivity index (χ3n) is 4.65. The van der Waals surface area contributed by atoms with Gasteiger partial charge in [0.05, 0.1) is 26.1 Å². The molecule has 0 radical (unpaired) electrons. The summed E-state index contributed by atoms with van der Waals surface area (Å²) in [6.07, 6.45) is -1.70. The van der Waals surface area contributed by atoms with Crippen molar-refractivity contribution in [3.05, 3.63) is 0 Å². The normalized spacial score (nSPS) is 25.4. The minimum atomic E-state index is -0.583. The minimum Gasteiger partial charge on any atom is -0.457 e. The molecule has 0 saturated carbocycles. The van der Waals surface area contributed by atoms with Crippen molar-refractivity contribution < 1.29 is 38.1 Å². The van der Waals surface area contributed by atoms with Crippen LogP contribution < -0.4 is 10.6 Å². The summed E-state index contributed by atoms with van der Waals surface area (Å²) < 4.78 is 22.0. The summed E-state index contributed by atoms with van der Waals surface area (Å²) in [6.45, 7) is 5.99. The molecule has 0 aromatic rings. The van der Waals surface area contributed by atoms with Crippen LogP contribution in [0.4, 0.5) is 0 Å². The molecule has 2 fully saturated rings. The highest BCUT2D eigenvalue weighted by Crippen LogP contribution is 2.30. The zero-order valence-electron chi connectivity index (χ0n) is 17.1. The molecule has 164 valence electrons. The standard InChI is InChI=1S/C19H30N2O8/c1-4-14(22)20-7-5-15(23)28-12-9-26-18-13(10-27-17(12)18)29-16(24)6-8-21-19(25)11(2)3/h11-13,17-18H,4-10H2,1-3H3,(H,20,22)(H,21,25)/t12-,13+,17-,18-/m1/s1. The number of fused-ring (bicyclic) bond motifs is 1. The first kappa shape index (κ1) is 23.1. The molecule has 2 rings (SSSR count). The van der Waals surface area contributed by atoms with Crippen molar-refractivity contribution in [1.82, 2.24) is 10.6 Å². The van der Waals surface area contributed by atoms with Gasteiger partial charge in [0.2, 0.25) is 11.8 Å². The fraction of sp³-hybridized carbons (Fsp3) is 0.789. The van der Waals surface area contributed by atoms with Gasteiger partial charge in [-0.1, -0.05) is 20.8 Å². The summed E-state index contributed by atoms with van der Waals surface area (Å²) in [5, 5.41) is 5.26. The van der Waals surface area contributed by atoms with Crippen LogP contribution in [0, 0.1) is 5.92 Å². The highest BCUT2D eigenvalue weighted by atomic mass is 16.7. The van der Waals surface area contributed by atoms with Gasteiger partial charge in [0.15, 0.2) is 12.2 Å². The summed E-state index contributed by atoms with van der Waals surface area (Å²) >= 11 is 0. The zero-order chi connectivity index (χ0) is 21.4. The number of rotatable bonds is 10. The molecule has 0 aromatic carbocycles. The number of carbonyl (C=O) groups is 4. The number of ether oxygens (including phenoxy) is 4. The van der Waals surface area contributed by atoms with Crippen LogP contribution in [0.3, 0.4) is 0 Å². The van der Waals surface area contributed by atoms with E-state index in [1.165, 1.54) is 0 Å². The van der Waals surface area contributed by atoms with Crippen molar-refractivity contribution in [3.8, 4) is 0 Å². The summed E-state index contributed by atoms with van der Waals surface area (Å²) in [7, 11) is 0. The largest absolute Gasteiger partial charge is 0.457 e. The molecule has 0 unspecified atom stereocenters. The Bertz CT molecular complexity index is 609. The summed E-state index contributed by atoms with van der Waals surface area (Å²) in [5.41, 5.74) is 0. The van der Waals surface area contributed by atoms with E-state index in [1.54, 1.807) is 20.8 Å². The van der Waals surface area contributed by atoms with Gasteiger partial charge >= 0.3 is 11.9 Å². The Kier molecular flexibility index (Phi) is 8.84. The molecule has 4 atom stereocenters. The second kappa shape index (κ2) is 11.1. The van der Waals surface area contributed by atoms with Gasteiger partial charge in [-0.3, -0.25) is 19.2 Å². The van der Waals surface area contributed by atoms with Gasteiger partial charge in [0.25, 0.3) is 0 Å². The van der Waals surface area contributed by atoms with Crippen LogP contribution >= 0.6 is 0 Å². The molecule has 0 aromatic heterocycles. The van der Waals surface area contributed by atoms with E-state index in [0.29, 0.717) is 6.42 Å². The maximum Gasteiger partial charge on any atom is 0.308 e. The van der Waals surface area contributed by atoms with E-state index in [-0.39, 0.29) is 56.9 Å². The number of esters is 2. The van der Waals surface area contributed by atoms with E-state index in [0.717, 1.165) is 0 Å². The second-order valence-corrected chi connectivity index (χ2v) is 7.30. The van der Waals surface area contributed by atoms with E-state index in [4.69, 9.17) is 18.9 Å². The quantitative estimate of drug-likeness (QED) is 0.466. The Balaban J connectivity index is 1.69. The van der Waals surface area contributed by atoms with Gasteiger partial charge < -0.3 is 29.6 Å². The Hall–Kier alpha value is -2.20. The molecule has 2 saturated heterocycles. The molecule has 2 heterocycles. The number of amides is 2. The van der Waals surface area contributed by atoms with Crippen molar-refractivity contribution >= 4 is 23.8 Å². The van der Waals surface area contributed by atoms with Crippen molar-refractivity contribution in [3.63, 3.8) is 0 Å². The van der Waals surface area contributed by atoms with Crippen molar-refractivity contribution in [2.24, 2.45) is 5.92 Å². The summed E-state index contributed by atoms with van der Waals surface area (Å²) in [6, 6.07) is 0. The lowest BCUT2D eigenvalue weighted by Gasteiger charge is -2.17. The van der Waals surface area contributed by atoms with Crippen molar-refractivity contribution in [2.75, 3.05) is 26.3 Å². The highest BCUT2D eigenvalue weighted by Gasteiger charge is 2.51. The molecule has 29 heavy (non-hydrogen) atoms. The Labute approximate surface area is 169 Å². The Morgan fingerprint density at radius 3 is 1.83 bits per heavy atom. The predicted molar refractivity (Wildman–Crippen MR) is 99.6 cm³/mol. The number of hydrogen-bond acceptors (Lipinski definition) is 8. The van der Waals surface area contributed by atoms with E-state index in [9.17, 15) is 19.2 Å². The van der Waals surface area contributed by atoms with Crippen molar-refractivity contribution in [2.45, 2.75) is 64.4 Å². The predicted octanol–water partition coefficient (Wildman–Crippen LogP) is -0.314. The molecule has 0 bridgehead atoms. The lowest BCUT2D eigenvalue weighted by atomic mass is 10.1. The zero-order valence-corrected chi connectivity index (χ0v) is 17.1. The Morgan fingerprint density at radius 1 is 0.897 bits per heavy atom. The van der Waals surface area contributed by atoms with Crippen LogP contribution in [0.2, 0.25) is 0 Å². The summed E-state index contributed by atoms with van der Waals surface area (Å²) in [4.78, 5) is 46.6. The van der Waals surface area contributed by atoms with Gasteiger partial charge in [-0.15, -0.1) is 0 Å². The maximum absolute atomic E-state index is 12.0. The Morgan fingerprint density at radius 2 is 1.38 bits per heavy atom. The van der Waals surface area contributed by atoms with Gasteiger partial charge in [-0.05, 0) is 0 Å². The summed E-state index contributed by atoms with van der Waals surface area (Å²) in [5.74, 6) is -1.32. The van der Waals surface area contributed by atoms with Crippen LogP contribution in [0.25, 0.3) is 0 Å². The van der Waals surface area contributed by atoms with Crippen LogP contribution in [0.5, 0.6) is 0 Å². The van der Waals surface area contributed by atoms with Crippen LogP contribution in [-0.4, -0.2) is 74.5 Å². The first-order valence-corrected chi connectivity index (χ1v) is 9.98. The number of carbonyl (C=O) groups excluding carboxylic acids is 4. The van der Waals surface area contributed by atoms with Crippen LogP contribution in [0.15, 0.2) is 0 Å². The van der Waals surface area contributed by atoms with Crippen LogP contribution in [-0.2, 0) is 38.1 Å². The topological polar surface area (TPSA) is 129 Å². The van der Waals surface area contributed by atoms with Crippen LogP contribution in [0.1, 0.15) is 40.0 Å².